The molecule has 0 amide bonds. The lowest BCUT2D eigenvalue weighted by Crippen LogP contribution is -2.03. The number of hydrogen-bond donors (Lipinski definition) is 0. The first kappa shape index (κ1) is 14.1. The molecule has 0 unspecified atom stereocenters. The van der Waals surface area contributed by atoms with Crippen LogP contribution < -0.4 is 9.47 Å². The van der Waals surface area contributed by atoms with E-state index < -0.39 is 0 Å². The number of ether oxygens (including phenoxy) is 3. The molecule has 0 N–H and O–H groups in total. The zero-order valence-electron chi connectivity index (χ0n) is 11.8. The zero-order valence-corrected chi connectivity index (χ0v) is 11.8. The highest BCUT2D eigenvalue weighted by molar-refractivity contribution is 5.86. The smallest absolute Gasteiger partial charge is 0.305 e. The molecule has 1 heterocycles. The maximum Gasteiger partial charge on any atom is 0.305 e. The van der Waals surface area contributed by atoms with Crippen molar-refractivity contribution < 1.29 is 19.0 Å². The van der Waals surface area contributed by atoms with Crippen molar-refractivity contribution in [2.24, 2.45) is 0 Å². The second kappa shape index (κ2) is 6.23. The fourth-order valence-corrected chi connectivity index (χ4v) is 1.96. The SMILES string of the molecule is COC(=O)CCc1ccc2cc(OC)cc(OC)c2n1. The molecule has 0 saturated carbocycles. The van der Waals surface area contributed by atoms with Crippen LogP contribution in [0.4, 0.5) is 0 Å². The third-order valence-corrected chi connectivity index (χ3v) is 3.06. The highest BCUT2D eigenvalue weighted by atomic mass is 16.5. The topological polar surface area (TPSA) is 57.7 Å². The number of hydrogen-bond acceptors (Lipinski definition) is 5. The van der Waals surface area contributed by atoms with Gasteiger partial charge in [-0.2, -0.15) is 0 Å². The highest BCUT2D eigenvalue weighted by Gasteiger charge is 2.09. The summed E-state index contributed by atoms with van der Waals surface area (Å²) < 4.78 is 15.2. The van der Waals surface area contributed by atoms with Gasteiger partial charge >= 0.3 is 5.97 Å². The number of nitrogens with zero attached hydrogens (tertiary/aromatic N) is 1. The molecule has 106 valence electrons. The van der Waals surface area contributed by atoms with Crippen molar-refractivity contribution in [2.75, 3.05) is 21.3 Å². The van der Waals surface area contributed by atoms with Crippen LogP contribution in [0.25, 0.3) is 10.9 Å². The van der Waals surface area contributed by atoms with Gasteiger partial charge in [-0.15, -0.1) is 0 Å². The Balaban J connectivity index is 2.35. The van der Waals surface area contributed by atoms with Gasteiger partial charge in [0.05, 0.1) is 27.8 Å². The number of carbonyl (C=O) groups excluding carboxylic acids is 1. The van der Waals surface area contributed by atoms with E-state index >= 15 is 0 Å². The Bertz CT molecular complexity index is 625. The standard InChI is InChI=1S/C15H17NO4/c1-18-12-8-10-4-5-11(6-7-14(17)20-3)16-15(10)13(9-12)19-2/h4-5,8-9H,6-7H2,1-3H3. The third kappa shape index (κ3) is 2.99. The quantitative estimate of drug-likeness (QED) is 0.784. The Kier molecular flexibility index (Phi) is 4.40. The third-order valence-electron chi connectivity index (χ3n) is 3.06. The Labute approximate surface area is 117 Å². The zero-order chi connectivity index (χ0) is 14.5. The predicted molar refractivity (Wildman–Crippen MR) is 75.2 cm³/mol. The minimum absolute atomic E-state index is 0.242. The van der Waals surface area contributed by atoms with Crippen molar-refractivity contribution >= 4 is 16.9 Å². The summed E-state index contributed by atoms with van der Waals surface area (Å²) in [5, 5.41) is 0.933. The maximum absolute atomic E-state index is 11.2. The van der Waals surface area contributed by atoms with Crippen molar-refractivity contribution in [1.29, 1.82) is 0 Å². The van der Waals surface area contributed by atoms with E-state index in [2.05, 4.69) is 9.72 Å². The molecule has 0 aliphatic rings. The first-order chi connectivity index (χ1) is 9.67. The number of aromatic nitrogens is 1. The van der Waals surface area contributed by atoms with Crippen LogP contribution in [0.5, 0.6) is 11.5 Å². The maximum atomic E-state index is 11.2. The van der Waals surface area contributed by atoms with E-state index in [0.29, 0.717) is 18.6 Å². The Morgan fingerprint density at radius 3 is 2.60 bits per heavy atom. The fourth-order valence-electron chi connectivity index (χ4n) is 1.96. The number of esters is 1. The molecule has 0 aliphatic heterocycles. The van der Waals surface area contributed by atoms with Gasteiger partial charge in [-0.25, -0.2) is 4.98 Å². The molecular formula is C15H17NO4. The van der Waals surface area contributed by atoms with Crippen LogP contribution in [0, 0.1) is 0 Å². The Morgan fingerprint density at radius 1 is 1.15 bits per heavy atom. The molecular weight excluding hydrogens is 258 g/mol. The summed E-state index contributed by atoms with van der Waals surface area (Å²) in [5.74, 6) is 1.13. The van der Waals surface area contributed by atoms with Gasteiger partial charge in [0.1, 0.15) is 17.0 Å². The van der Waals surface area contributed by atoms with Crippen molar-refractivity contribution in [3.05, 3.63) is 30.0 Å². The van der Waals surface area contributed by atoms with Gasteiger partial charge < -0.3 is 14.2 Å². The van der Waals surface area contributed by atoms with E-state index in [9.17, 15) is 4.79 Å². The van der Waals surface area contributed by atoms with Crippen LogP contribution in [0.2, 0.25) is 0 Å². The van der Waals surface area contributed by atoms with Crippen LogP contribution in [-0.2, 0) is 16.0 Å². The number of methoxy groups -OCH3 is 3. The van der Waals surface area contributed by atoms with Gasteiger partial charge in [0.25, 0.3) is 0 Å². The molecule has 0 atom stereocenters. The summed E-state index contributed by atoms with van der Waals surface area (Å²) in [7, 11) is 4.58. The second-order valence-corrected chi connectivity index (χ2v) is 4.28. The van der Waals surface area contributed by atoms with Crippen molar-refractivity contribution in [1.82, 2.24) is 4.98 Å². The minimum Gasteiger partial charge on any atom is -0.497 e. The van der Waals surface area contributed by atoms with E-state index in [4.69, 9.17) is 9.47 Å². The molecule has 0 spiro atoms. The molecule has 5 nitrogen and oxygen atoms in total. The first-order valence-corrected chi connectivity index (χ1v) is 6.26. The number of aryl methyl sites for hydroxylation is 1. The Morgan fingerprint density at radius 2 is 1.95 bits per heavy atom. The largest absolute Gasteiger partial charge is 0.497 e. The van der Waals surface area contributed by atoms with E-state index in [0.717, 1.165) is 22.3 Å². The average molecular weight is 275 g/mol. The molecule has 0 saturated heterocycles. The monoisotopic (exact) mass is 275 g/mol. The van der Waals surface area contributed by atoms with Gasteiger partial charge in [-0.1, -0.05) is 6.07 Å². The minimum atomic E-state index is -0.242. The van der Waals surface area contributed by atoms with Crippen LogP contribution >= 0.6 is 0 Å². The molecule has 5 heteroatoms. The van der Waals surface area contributed by atoms with Crippen LogP contribution in [0.15, 0.2) is 24.3 Å². The number of benzene rings is 1. The summed E-state index contributed by atoms with van der Waals surface area (Å²) >= 11 is 0. The molecule has 1 aromatic carbocycles. The fraction of sp³-hybridized carbons (Fsp3) is 0.333. The van der Waals surface area contributed by atoms with Crippen molar-refractivity contribution in [3.63, 3.8) is 0 Å². The summed E-state index contributed by atoms with van der Waals surface area (Å²) in [4.78, 5) is 15.7. The lowest BCUT2D eigenvalue weighted by molar-refractivity contribution is -0.140. The summed E-state index contributed by atoms with van der Waals surface area (Å²) in [5.41, 5.74) is 1.59. The van der Waals surface area contributed by atoms with E-state index in [1.54, 1.807) is 20.3 Å². The molecule has 1 aromatic heterocycles. The number of rotatable bonds is 5. The van der Waals surface area contributed by atoms with E-state index in [-0.39, 0.29) is 5.97 Å². The molecule has 2 rings (SSSR count). The van der Waals surface area contributed by atoms with E-state index in [1.807, 2.05) is 18.2 Å². The van der Waals surface area contributed by atoms with Gasteiger partial charge in [-0.3, -0.25) is 4.79 Å². The van der Waals surface area contributed by atoms with Crippen molar-refractivity contribution in [2.45, 2.75) is 12.8 Å². The molecule has 0 bridgehead atoms. The molecule has 20 heavy (non-hydrogen) atoms. The van der Waals surface area contributed by atoms with Crippen molar-refractivity contribution in [3.8, 4) is 11.5 Å². The molecule has 0 fully saturated rings. The molecule has 2 aromatic rings. The average Bonchev–Trinajstić information content (AvgIpc) is 2.51. The van der Waals surface area contributed by atoms with E-state index in [1.165, 1.54) is 7.11 Å². The first-order valence-electron chi connectivity index (χ1n) is 6.26. The normalized spacial score (nSPS) is 10.3. The van der Waals surface area contributed by atoms with Crippen LogP contribution in [0.3, 0.4) is 0 Å². The van der Waals surface area contributed by atoms with Crippen LogP contribution in [-0.4, -0.2) is 32.3 Å². The number of carbonyl (C=O) groups is 1. The van der Waals surface area contributed by atoms with Gasteiger partial charge in [0.15, 0.2) is 0 Å². The van der Waals surface area contributed by atoms with Gasteiger partial charge in [-0.05, 0) is 12.1 Å². The molecule has 0 radical (unpaired) electrons. The number of fused-ring (bicyclic) bond motifs is 1. The predicted octanol–water partition coefficient (Wildman–Crippen LogP) is 2.36. The molecule has 0 aliphatic carbocycles. The summed E-state index contributed by atoms with van der Waals surface area (Å²) in [6.45, 7) is 0. The number of pyridine rings is 1. The van der Waals surface area contributed by atoms with Gasteiger partial charge in [0, 0.05) is 23.6 Å². The highest BCUT2D eigenvalue weighted by Crippen LogP contribution is 2.29. The van der Waals surface area contributed by atoms with Gasteiger partial charge in [0.2, 0.25) is 0 Å². The summed E-state index contributed by atoms with van der Waals surface area (Å²) in [6, 6.07) is 7.53. The lowest BCUT2D eigenvalue weighted by atomic mass is 10.1. The summed E-state index contributed by atoms with van der Waals surface area (Å²) in [6.07, 6.45) is 0.852. The Hall–Kier alpha value is -2.30. The van der Waals surface area contributed by atoms with Crippen LogP contribution in [0.1, 0.15) is 12.1 Å². The lowest BCUT2D eigenvalue weighted by Gasteiger charge is -2.09. The second-order valence-electron chi connectivity index (χ2n) is 4.28.